The van der Waals surface area contributed by atoms with Crippen molar-refractivity contribution in [1.82, 2.24) is 5.32 Å². The van der Waals surface area contributed by atoms with Crippen LogP contribution in [0.25, 0.3) is 11.3 Å². The summed E-state index contributed by atoms with van der Waals surface area (Å²) >= 11 is 6.13. The van der Waals surface area contributed by atoms with Gasteiger partial charge in [-0.2, -0.15) is 0 Å². The number of nitrogens with one attached hydrogen (secondary N) is 1. The second kappa shape index (κ2) is 5.92. The van der Waals surface area contributed by atoms with Crippen molar-refractivity contribution in [3.8, 4) is 11.3 Å². The van der Waals surface area contributed by atoms with Crippen LogP contribution in [0.2, 0.25) is 5.02 Å². The lowest BCUT2D eigenvalue weighted by Gasteiger charge is -2.10. The fourth-order valence-electron chi connectivity index (χ4n) is 1.76. The molecule has 5 heteroatoms. The van der Waals surface area contributed by atoms with Crippen LogP contribution in [0, 0.1) is 0 Å². The molecular formula is C15H14ClNO3. The lowest BCUT2D eigenvalue weighted by molar-refractivity contribution is 0.0943. The second-order valence-corrected chi connectivity index (χ2v) is 5.05. The minimum Gasteiger partial charge on any atom is -0.453 e. The van der Waals surface area contributed by atoms with E-state index in [-0.39, 0.29) is 17.7 Å². The minimum atomic E-state index is -0.218. The van der Waals surface area contributed by atoms with Crippen molar-refractivity contribution in [3.63, 3.8) is 0 Å². The zero-order chi connectivity index (χ0) is 14.7. The molecule has 1 aromatic carbocycles. The Labute approximate surface area is 121 Å². The van der Waals surface area contributed by atoms with E-state index in [9.17, 15) is 9.59 Å². The molecule has 0 radical (unpaired) electrons. The van der Waals surface area contributed by atoms with Crippen molar-refractivity contribution < 1.29 is 14.0 Å². The highest BCUT2D eigenvalue weighted by molar-refractivity contribution is 6.34. The lowest BCUT2D eigenvalue weighted by Crippen LogP contribution is -2.30. The van der Waals surface area contributed by atoms with E-state index in [4.69, 9.17) is 16.0 Å². The zero-order valence-electron chi connectivity index (χ0n) is 11.1. The maximum atomic E-state index is 11.9. The molecule has 1 aromatic heterocycles. The van der Waals surface area contributed by atoms with E-state index in [0.29, 0.717) is 28.2 Å². The maximum absolute atomic E-state index is 11.9. The summed E-state index contributed by atoms with van der Waals surface area (Å²) in [7, 11) is 0. The van der Waals surface area contributed by atoms with Gasteiger partial charge in [-0.05, 0) is 38.1 Å². The monoisotopic (exact) mass is 291 g/mol. The Kier molecular flexibility index (Phi) is 4.25. The van der Waals surface area contributed by atoms with Gasteiger partial charge in [-0.1, -0.05) is 17.7 Å². The van der Waals surface area contributed by atoms with Gasteiger partial charge in [0.1, 0.15) is 5.76 Å². The van der Waals surface area contributed by atoms with Gasteiger partial charge in [0.2, 0.25) is 0 Å². The topological polar surface area (TPSA) is 59.3 Å². The van der Waals surface area contributed by atoms with Crippen LogP contribution in [-0.2, 0) is 0 Å². The van der Waals surface area contributed by atoms with Gasteiger partial charge < -0.3 is 9.73 Å². The van der Waals surface area contributed by atoms with Gasteiger partial charge >= 0.3 is 0 Å². The quantitative estimate of drug-likeness (QED) is 0.876. The van der Waals surface area contributed by atoms with Gasteiger partial charge in [0.15, 0.2) is 12.0 Å². The van der Waals surface area contributed by atoms with E-state index in [2.05, 4.69) is 5.32 Å². The van der Waals surface area contributed by atoms with Crippen molar-refractivity contribution in [2.45, 2.75) is 19.9 Å². The summed E-state index contributed by atoms with van der Waals surface area (Å²) in [6.45, 7) is 3.76. The Morgan fingerprint density at radius 1 is 1.30 bits per heavy atom. The molecule has 2 rings (SSSR count). The number of hydrogen-bond acceptors (Lipinski definition) is 3. The van der Waals surface area contributed by atoms with E-state index in [0.717, 1.165) is 0 Å². The summed E-state index contributed by atoms with van der Waals surface area (Å²) in [5.41, 5.74) is 1.12. The van der Waals surface area contributed by atoms with Gasteiger partial charge in [0.05, 0.1) is 10.6 Å². The number of rotatable bonds is 4. The highest BCUT2D eigenvalue weighted by Gasteiger charge is 2.13. The number of aldehydes is 1. The summed E-state index contributed by atoms with van der Waals surface area (Å²) in [5, 5.41) is 3.12. The van der Waals surface area contributed by atoms with E-state index < -0.39 is 0 Å². The summed E-state index contributed by atoms with van der Waals surface area (Å²) in [6.07, 6.45) is 0.634. The number of carbonyl (C=O) groups excluding carboxylic acids is 2. The molecule has 0 saturated carbocycles. The molecule has 0 aliphatic carbocycles. The first-order valence-electron chi connectivity index (χ1n) is 6.17. The van der Waals surface area contributed by atoms with Crippen LogP contribution < -0.4 is 5.32 Å². The first-order chi connectivity index (χ1) is 9.51. The first kappa shape index (κ1) is 14.3. The molecule has 0 saturated heterocycles. The third kappa shape index (κ3) is 3.08. The van der Waals surface area contributed by atoms with Gasteiger partial charge in [0.25, 0.3) is 5.91 Å². The molecule has 0 atom stereocenters. The number of furan rings is 1. The predicted octanol–water partition coefficient (Wildman–Crippen LogP) is 3.55. The zero-order valence-corrected chi connectivity index (χ0v) is 11.9. The first-order valence-corrected chi connectivity index (χ1v) is 6.55. The van der Waals surface area contributed by atoms with Crippen molar-refractivity contribution in [2.24, 2.45) is 0 Å². The highest BCUT2D eigenvalue weighted by Crippen LogP contribution is 2.27. The molecular weight excluding hydrogens is 278 g/mol. The average molecular weight is 292 g/mol. The van der Waals surface area contributed by atoms with E-state index >= 15 is 0 Å². The molecule has 0 aliphatic rings. The Bertz CT molecular complexity index is 646. The summed E-state index contributed by atoms with van der Waals surface area (Å²) in [4.78, 5) is 22.5. The normalized spacial score (nSPS) is 10.6. The number of halogens is 1. The highest BCUT2D eigenvalue weighted by atomic mass is 35.5. The Hall–Kier alpha value is -2.07. The molecule has 0 unspecified atom stereocenters. The van der Waals surface area contributed by atoms with Crippen LogP contribution in [0.5, 0.6) is 0 Å². The van der Waals surface area contributed by atoms with Crippen molar-refractivity contribution >= 4 is 23.8 Å². The molecule has 1 amide bonds. The molecule has 104 valence electrons. The van der Waals surface area contributed by atoms with E-state index in [1.54, 1.807) is 30.3 Å². The van der Waals surface area contributed by atoms with Crippen molar-refractivity contribution in [3.05, 3.63) is 46.7 Å². The van der Waals surface area contributed by atoms with Gasteiger partial charge in [0, 0.05) is 11.6 Å². The standard InChI is InChI=1S/C15H14ClNO3/c1-9(2)17-15(19)12-5-3-10(7-13(12)16)14-6-4-11(8-18)20-14/h3-9H,1-2H3,(H,17,19). The molecule has 2 aromatic rings. The molecule has 20 heavy (non-hydrogen) atoms. The Morgan fingerprint density at radius 3 is 2.60 bits per heavy atom. The van der Waals surface area contributed by atoms with Gasteiger partial charge in [-0.25, -0.2) is 0 Å². The van der Waals surface area contributed by atoms with Crippen LogP contribution in [0.15, 0.2) is 34.7 Å². The van der Waals surface area contributed by atoms with E-state index in [1.807, 2.05) is 13.8 Å². The third-order valence-corrected chi connectivity index (χ3v) is 2.97. The molecule has 4 nitrogen and oxygen atoms in total. The number of benzene rings is 1. The number of carbonyl (C=O) groups is 2. The summed E-state index contributed by atoms with van der Waals surface area (Å²) < 4.78 is 5.31. The van der Waals surface area contributed by atoms with Crippen molar-refractivity contribution in [2.75, 3.05) is 0 Å². The third-order valence-electron chi connectivity index (χ3n) is 2.66. The van der Waals surface area contributed by atoms with Crippen LogP contribution in [0.4, 0.5) is 0 Å². The number of amides is 1. The summed E-state index contributed by atoms with van der Waals surface area (Å²) in [6, 6.07) is 8.31. The van der Waals surface area contributed by atoms with Crippen LogP contribution in [-0.4, -0.2) is 18.2 Å². The molecule has 0 bridgehead atoms. The van der Waals surface area contributed by atoms with Crippen molar-refractivity contribution in [1.29, 1.82) is 0 Å². The molecule has 0 fully saturated rings. The molecule has 0 aliphatic heterocycles. The molecule has 0 spiro atoms. The second-order valence-electron chi connectivity index (χ2n) is 4.64. The Balaban J connectivity index is 2.29. The maximum Gasteiger partial charge on any atom is 0.252 e. The average Bonchev–Trinajstić information content (AvgIpc) is 2.86. The predicted molar refractivity (Wildman–Crippen MR) is 77.1 cm³/mol. The SMILES string of the molecule is CC(C)NC(=O)c1ccc(-c2ccc(C=O)o2)cc1Cl. The fourth-order valence-corrected chi connectivity index (χ4v) is 2.03. The smallest absolute Gasteiger partial charge is 0.252 e. The van der Waals surface area contributed by atoms with Gasteiger partial charge in [-0.3, -0.25) is 9.59 Å². The summed E-state index contributed by atoms with van der Waals surface area (Å²) in [5.74, 6) is 0.562. The fraction of sp³-hybridized carbons (Fsp3) is 0.200. The van der Waals surface area contributed by atoms with Crippen LogP contribution >= 0.6 is 11.6 Å². The minimum absolute atomic E-state index is 0.0402. The largest absolute Gasteiger partial charge is 0.453 e. The van der Waals surface area contributed by atoms with Crippen LogP contribution in [0.3, 0.4) is 0 Å². The Morgan fingerprint density at radius 2 is 2.05 bits per heavy atom. The molecule has 1 heterocycles. The van der Waals surface area contributed by atoms with Crippen LogP contribution in [0.1, 0.15) is 34.8 Å². The van der Waals surface area contributed by atoms with E-state index in [1.165, 1.54) is 0 Å². The molecule has 1 N–H and O–H groups in total. The number of hydrogen-bond donors (Lipinski definition) is 1. The lowest BCUT2D eigenvalue weighted by atomic mass is 10.1. The van der Waals surface area contributed by atoms with Gasteiger partial charge in [-0.15, -0.1) is 0 Å².